The van der Waals surface area contributed by atoms with E-state index in [-0.39, 0.29) is 0 Å². The summed E-state index contributed by atoms with van der Waals surface area (Å²) in [6.45, 7) is 2.66. The van der Waals surface area contributed by atoms with Crippen molar-refractivity contribution in [2.45, 2.75) is 51.0 Å². The molecule has 1 fully saturated rings. The zero-order valence-corrected chi connectivity index (χ0v) is 14.3. The first kappa shape index (κ1) is 18.1. The molecule has 1 aromatic carbocycles. The maximum absolute atomic E-state index is 12.5. The average molecular weight is 335 g/mol. The average Bonchev–Trinajstić information content (AvgIpc) is 3.05. The highest BCUT2D eigenvalue weighted by molar-refractivity contribution is 5.98. The van der Waals surface area contributed by atoms with Gasteiger partial charge in [-0.15, -0.1) is 0 Å². The standard InChI is InChI=1S/C18H25NO5/c1-3-4-11-24-14-8-7-13(12-15(14)23-2)16(20)19-18(17(21)22)9-5-6-10-18/h7-8,12H,3-6,9-11H2,1-2H3,(H,19,20)(H,21,22). The number of carboxylic acids is 1. The summed E-state index contributed by atoms with van der Waals surface area (Å²) in [6.07, 6.45) is 4.50. The molecule has 0 spiro atoms. The summed E-state index contributed by atoms with van der Waals surface area (Å²) in [5.74, 6) is -0.330. The number of methoxy groups -OCH3 is 1. The second kappa shape index (κ2) is 8.04. The largest absolute Gasteiger partial charge is 0.493 e. The number of unbranched alkanes of at least 4 members (excludes halogenated alkanes) is 1. The molecule has 0 unspecified atom stereocenters. The van der Waals surface area contributed by atoms with Gasteiger partial charge in [-0.2, -0.15) is 0 Å². The van der Waals surface area contributed by atoms with E-state index in [2.05, 4.69) is 12.2 Å². The van der Waals surface area contributed by atoms with Gasteiger partial charge < -0.3 is 19.9 Å². The van der Waals surface area contributed by atoms with Crippen LogP contribution in [0.4, 0.5) is 0 Å². The summed E-state index contributed by atoms with van der Waals surface area (Å²) in [6, 6.07) is 4.90. The predicted molar refractivity (Wildman–Crippen MR) is 89.7 cm³/mol. The molecular weight excluding hydrogens is 310 g/mol. The normalized spacial score (nSPS) is 15.8. The second-order valence-electron chi connectivity index (χ2n) is 6.12. The Balaban J connectivity index is 2.13. The van der Waals surface area contributed by atoms with E-state index in [0.717, 1.165) is 25.7 Å². The molecule has 2 rings (SSSR count). The van der Waals surface area contributed by atoms with Crippen molar-refractivity contribution in [1.82, 2.24) is 5.32 Å². The van der Waals surface area contributed by atoms with Crippen LogP contribution in [0.5, 0.6) is 11.5 Å². The number of aliphatic carboxylic acids is 1. The Morgan fingerprint density at radius 1 is 1.25 bits per heavy atom. The summed E-state index contributed by atoms with van der Waals surface area (Å²) >= 11 is 0. The number of hydrogen-bond donors (Lipinski definition) is 2. The number of hydrogen-bond acceptors (Lipinski definition) is 4. The van der Waals surface area contributed by atoms with E-state index in [4.69, 9.17) is 9.47 Å². The molecule has 1 amide bonds. The number of carbonyl (C=O) groups is 2. The van der Waals surface area contributed by atoms with Crippen molar-refractivity contribution < 1.29 is 24.2 Å². The summed E-state index contributed by atoms with van der Waals surface area (Å²) in [5, 5.41) is 12.2. The zero-order chi connectivity index (χ0) is 17.6. The Morgan fingerprint density at radius 3 is 2.54 bits per heavy atom. The smallest absolute Gasteiger partial charge is 0.329 e. The van der Waals surface area contributed by atoms with Crippen LogP contribution in [0.25, 0.3) is 0 Å². The lowest BCUT2D eigenvalue weighted by Gasteiger charge is -2.25. The van der Waals surface area contributed by atoms with Crippen LogP contribution < -0.4 is 14.8 Å². The van der Waals surface area contributed by atoms with Crippen molar-refractivity contribution in [3.8, 4) is 11.5 Å². The van der Waals surface area contributed by atoms with Gasteiger partial charge >= 0.3 is 5.97 Å². The Bertz CT molecular complexity index is 593. The van der Waals surface area contributed by atoms with Crippen LogP contribution in [0.2, 0.25) is 0 Å². The van der Waals surface area contributed by atoms with Gasteiger partial charge in [0, 0.05) is 5.56 Å². The molecule has 1 aliphatic rings. The number of benzene rings is 1. The zero-order valence-electron chi connectivity index (χ0n) is 14.3. The number of amides is 1. The molecule has 132 valence electrons. The van der Waals surface area contributed by atoms with Gasteiger partial charge in [-0.3, -0.25) is 4.79 Å². The van der Waals surface area contributed by atoms with E-state index < -0.39 is 17.4 Å². The monoisotopic (exact) mass is 335 g/mol. The van der Waals surface area contributed by atoms with Crippen LogP contribution in [0.3, 0.4) is 0 Å². The van der Waals surface area contributed by atoms with Crippen LogP contribution in [0.1, 0.15) is 55.8 Å². The van der Waals surface area contributed by atoms with E-state index in [1.54, 1.807) is 18.2 Å². The van der Waals surface area contributed by atoms with Gasteiger partial charge in [-0.25, -0.2) is 4.79 Å². The van der Waals surface area contributed by atoms with E-state index in [1.165, 1.54) is 7.11 Å². The number of ether oxygens (including phenoxy) is 2. The number of carboxylic acid groups (broad SMARTS) is 1. The SMILES string of the molecule is CCCCOc1ccc(C(=O)NC2(C(=O)O)CCCC2)cc1OC. The molecule has 0 heterocycles. The third kappa shape index (κ3) is 3.99. The fraction of sp³-hybridized carbons (Fsp3) is 0.556. The highest BCUT2D eigenvalue weighted by Gasteiger charge is 2.42. The highest BCUT2D eigenvalue weighted by Crippen LogP contribution is 2.32. The molecule has 1 saturated carbocycles. The molecule has 0 atom stereocenters. The fourth-order valence-electron chi connectivity index (χ4n) is 2.91. The molecule has 0 saturated heterocycles. The highest BCUT2D eigenvalue weighted by atomic mass is 16.5. The van der Waals surface area contributed by atoms with Gasteiger partial charge in [0.15, 0.2) is 11.5 Å². The topological polar surface area (TPSA) is 84.9 Å². The van der Waals surface area contributed by atoms with E-state index in [1.807, 2.05) is 0 Å². The minimum Gasteiger partial charge on any atom is -0.493 e. The van der Waals surface area contributed by atoms with Crippen molar-refractivity contribution in [2.24, 2.45) is 0 Å². The van der Waals surface area contributed by atoms with Gasteiger partial charge in [0.25, 0.3) is 5.91 Å². The van der Waals surface area contributed by atoms with Crippen molar-refractivity contribution >= 4 is 11.9 Å². The minimum atomic E-state index is -1.15. The number of rotatable bonds is 8. The van der Waals surface area contributed by atoms with Gasteiger partial charge in [-0.1, -0.05) is 26.2 Å². The van der Waals surface area contributed by atoms with Gasteiger partial charge in [0.2, 0.25) is 0 Å². The molecule has 6 nitrogen and oxygen atoms in total. The lowest BCUT2D eigenvalue weighted by Crippen LogP contribution is -2.52. The first-order chi connectivity index (χ1) is 11.5. The summed E-state index contributed by atoms with van der Waals surface area (Å²) in [5.41, 5.74) is -0.789. The summed E-state index contributed by atoms with van der Waals surface area (Å²) < 4.78 is 10.9. The van der Waals surface area contributed by atoms with Gasteiger partial charge in [0.1, 0.15) is 5.54 Å². The number of nitrogens with one attached hydrogen (secondary N) is 1. The lowest BCUT2D eigenvalue weighted by molar-refractivity contribution is -0.144. The first-order valence-electron chi connectivity index (χ1n) is 8.39. The fourth-order valence-corrected chi connectivity index (χ4v) is 2.91. The summed E-state index contributed by atoms with van der Waals surface area (Å²) in [7, 11) is 1.51. The van der Waals surface area contributed by atoms with Gasteiger partial charge in [0.05, 0.1) is 13.7 Å². The van der Waals surface area contributed by atoms with Crippen LogP contribution in [-0.4, -0.2) is 36.2 Å². The molecule has 6 heteroatoms. The Kier molecular flexibility index (Phi) is 6.06. The molecule has 0 radical (unpaired) electrons. The molecular formula is C18H25NO5. The maximum atomic E-state index is 12.5. The Labute approximate surface area is 142 Å². The van der Waals surface area contributed by atoms with Gasteiger partial charge in [-0.05, 0) is 37.5 Å². The molecule has 24 heavy (non-hydrogen) atoms. The van der Waals surface area contributed by atoms with Crippen LogP contribution in [0, 0.1) is 0 Å². The van der Waals surface area contributed by atoms with Crippen LogP contribution >= 0.6 is 0 Å². The third-order valence-corrected chi connectivity index (χ3v) is 4.40. The molecule has 0 aliphatic heterocycles. The predicted octanol–water partition coefficient (Wildman–Crippen LogP) is 3.00. The van der Waals surface area contributed by atoms with Crippen molar-refractivity contribution in [2.75, 3.05) is 13.7 Å². The van der Waals surface area contributed by atoms with E-state index >= 15 is 0 Å². The second-order valence-corrected chi connectivity index (χ2v) is 6.12. The maximum Gasteiger partial charge on any atom is 0.329 e. The van der Waals surface area contributed by atoms with E-state index in [9.17, 15) is 14.7 Å². The third-order valence-electron chi connectivity index (χ3n) is 4.40. The van der Waals surface area contributed by atoms with Crippen LogP contribution in [-0.2, 0) is 4.79 Å². The molecule has 1 aliphatic carbocycles. The quantitative estimate of drug-likeness (QED) is 0.713. The van der Waals surface area contributed by atoms with Crippen LogP contribution in [0.15, 0.2) is 18.2 Å². The molecule has 0 bridgehead atoms. The van der Waals surface area contributed by atoms with E-state index in [0.29, 0.717) is 36.5 Å². The molecule has 1 aromatic rings. The molecule has 2 N–H and O–H groups in total. The lowest BCUT2D eigenvalue weighted by atomic mass is 9.97. The first-order valence-corrected chi connectivity index (χ1v) is 8.39. The van der Waals surface area contributed by atoms with Crippen molar-refractivity contribution in [3.63, 3.8) is 0 Å². The Morgan fingerprint density at radius 2 is 1.96 bits per heavy atom. The van der Waals surface area contributed by atoms with Crippen molar-refractivity contribution in [1.29, 1.82) is 0 Å². The minimum absolute atomic E-state index is 0.363. The summed E-state index contributed by atoms with van der Waals surface area (Å²) in [4.78, 5) is 24.0. The molecule has 0 aromatic heterocycles. The Hall–Kier alpha value is -2.24. The van der Waals surface area contributed by atoms with Crippen molar-refractivity contribution in [3.05, 3.63) is 23.8 Å². The number of carbonyl (C=O) groups excluding carboxylic acids is 1.